The highest BCUT2D eigenvalue weighted by molar-refractivity contribution is 5.24. The van der Waals surface area contributed by atoms with Crippen LogP contribution in [-0.4, -0.2) is 17.1 Å². The van der Waals surface area contributed by atoms with Gasteiger partial charge in [-0.05, 0) is 25.7 Å². The lowest BCUT2D eigenvalue weighted by Gasteiger charge is -2.22. The minimum Gasteiger partial charge on any atom is -0.373 e. The Morgan fingerprint density at radius 2 is 2.41 bits per heavy atom. The molecule has 0 bridgehead atoms. The lowest BCUT2D eigenvalue weighted by Crippen LogP contribution is -2.20. The molecule has 1 aliphatic rings. The lowest BCUT2D eigenvalue weighted by atomic mass is 9.93. The fraction of sp³-hybridized carbons (Fsp3) is 0.692. The molecular formula is C13H21N3O. The second kappa shape index (κ2) is 5.56. The Hall–Kier alpha value is -1.00. The molecular weight excluding hydrogens is 214 g/mol. The molecule has 0 spiro atoms. The number of rotatable bonds is 4. The maximum atomic E-state index is 6.05. The van der Waals surface area contributed by atoms with Crippen molar-refractivity contribution in [2.45, 2.75) is 51.2 Å². The van der Waals surface area contributed by atoms with Crippen molar-refractivity contribution in [3.63, 3.8) is 0 Å². The van der Waals surface area contributed by atoms with Crippen molar-refractivity contribution >= 4 is 0 Å². The molecule has 4 nitrogen and oxygen atoms in total. The minimum absolute atomic E-state index is 0.0171. The van der Waals surface area contributed by atoms with Gasteiger partial charge in [-0.15, -0.1) is 0 Å². The molecule has 94 valence electrons. The summed E-state index contributed by atoms with van der Waals surface area (Å²) in [6.07, 6.45) is 7.11. The highest BCUT2D eigenvalue weighted by atomic mass is 16.5. The summed E-state index contributed by atoms with van der Waals surface area (Å²) in [5, 5.41) is 0. The first kappa shape index (κ1) is 12.5. The van der Waals surface area contributed by atoms with Crippen LogP contribution in [0.2, 0.25) is 0 Å². The number of hydrogen-bond donors (Lipinski definition) is 1. The number of methoxy groups -OCH3 is 1. The van der Waals surface area contributed by atoms with E-state index < -0.39 is 0 Å². The molecule has 0 aliphatic heterocycles. The number of ether oxygens (including phenoxy) is 1. The average molecular weight is 235 g/mol. The number of aryl methyl sites for hydroxylation is 1. The van der Waals surface area contributed by atoms with Gasteiger partial charge in [0, 0.05) is 30.6 Å². The van der Waals surface area contributed by atoms with Gasteiger partial charge in [0.2, 0.25) is 0 Å². The van der Waals surface area contributed by atoms with Crippen LogP contribution in [0.3, 0.4) is 0 Å². The summed E-state index contributed by atoms with van der Waals surface area (Å²) >= 11 is 0. The Kier molecular flexibility index (Phi) is 4.07. The zero-order chi connectivity index (χ0) is 12.3. The van der Waals surface area contributed by atoms with Gasteiger partial charge in [0.15, 0.2) is 5.82 Å². The van der Waals surface area contributed by atoms with Gasteiger partial charge in [-0.25, -0.2) is 9.97 Å². The van der Waals surface area contributed by atoms with E-state index in [1.165, 1.54) is 0 Å². The fourth-order valence-electron chi connectivity index (χ4n) is 2.37. The van der Waals surface area contributed by atoms with E-state index >= 15 is 0 Å². The largest absolute Gasteiger partial charge is 0.373 e. The van der Waals surface area contributed by atoms with E-state index in [9.17, 15) is 0 Å². The molecule has 4 heteroatoms. The molecule has 1 aromatic rings. The first-order valence-corrected chi connectivity index (χ1v) is 6.40. The molecule has 0 saturated heterocycles. The Labute approximate surface area is 103 Å². The highest BCUT2D eigenvalue weighted by Gasteiger charge is 2.21. The minimum atomic E-state index is 0.0171. The molecule has 0 amide bonds. The molecule has 17 heavy (non-hydrogen) atoms. The van der Waals surface area contributed by atoms with Crippen molar-refractivity contribution in [1.82, 2.24) is 9.97 Å². The van der Waals surface area contributed by atoms with E-state index in [0.717, 1.165) is 49.2 Å². The van der Waals surface area contributed by atoms with Gasteiger partial charge < -0.3 is 10.5 Å². The predicted octanol–water partition coefficient (Wildman–Crippen LogP) is 2.30. The average Bonchev–Trinajstić information content (AvgIpc) is 2.36. The van der Waals surface area contributed by atoms with Crippen LogP contribution in [0.5, 0.6) is 0 Å². The Bertz CT molecular complexity index is 381. The SMILES string of the molecule is CCCC(OC)c1ncc2c(n1)CCCC2N. The van der Waals surface area contributed by atoms with Gasteiger partial charge in [0.25, 0.3) is 0 Å². The first-order chi connectivity index (χ1) is 8.26. The van der Waals surface area contributed by atoms with E-state index in [1.54, 1.807) is 7.11 Å². The van der Waals surface area contributed by atoms with E-state index in [4.69, 9.17) is 10.5 Å². The topological polar surface area (TPSA) is 61.0 Å². The molecule has 1 aliphatic carbocycles. The number of aromatic nitrogens is 2. The Morgan fingerprint density at radius 3 is 3.12 bits per heavy atom. The molecule has 0 aromatic carbocycles. The van der Waals surface area contributed by atoms with Crippen molar-refractivity contribution in [3.8, 4) is 0 Å². The summed E-state index contributed by atoms with van der Waals surface area (Å²) in [6, 6.07) is 0.111. The van der Waals surface area contributed by atoms with Crippen molar-refractivity contribution < 1.29 is 4.74 Å². The highest BCUT2D eigenvalue weighted by Crippen LogP contribution is 2.27. The summed E-state index contributed by atoms with van der Waals surface area (Å²) < 4.78 is 5.44. The van der Waals surface area contributed by atoms with Crippen LogP contribution in [0, 0.1) is 0 Å². The number of nitrogens with zero attached hydrogens (tertiary/aromatic N) is 2. The van der Waals surface area contributed by atoms with Gasteiger partial charge >= 0.3 is 0 Å². The van der Waals surface area contributed by atoms with Gasteiger partial charge in [-0.3, -0.25) is 0 Å². The second-order valence-corrected chi connectivity index (χ2v) is 4.64. The van der Waals surface area contributed by atoms with Gasteiger partial charge in [-0.2, -0.15) is 0 Å². The van der Waals surface area contributed by atoms with Crippen molar-refractivity contribution in [2.75, 3.05) is 7.11 Å². The van der Waals surface area contributed by atoms with E-state index in [-0.39, 0.29) is 12.1 Å². The zero-order valence-corrected chi connectivity index (χ0v) is 10.6. The molecule has 0 radical (unpaired) electrons. The van der Waals surface area contributed by atoms with Gasteiger partial charge in [0.05, 0.1) is 0 Å². The smallest absolute Gasteiger partial charge is 0.157 e. The summed E-state index contributed by atoms with van der Waals surface area (Å²) in [5.74, 6) is 0.808. The van der Waals surface area contributed by atoms with E-state index in [0.29, 0.717) is 0 Å². The van der Waals surface area contributed by atoms with Crippen LogP contribution in [0.4, 0.5) is 0 Å². The summed E-state index contributed by atoms with van der Waals surface area (Å²) in [6.45, 7) is 2.14. The molecule has 2 atom stereocenters. The molecule has 2 N–H and O–H groups in total. The maximum Gasteiger partial charge on any atom is 0.157 e. The summed E-state index contributed by atoms with van der Waals surface area (Å²) in [5.41, 5.74) is 8.29. The normalized spacial score (nSPS) is 21.0. The van der Waals surface area contributed by atoms with Crippen LogP contribution < -0.4 is 5.73 Å². The van der Waals surface area contributed by atoms with Crippen LogP contribution in [0.15, 0.2) is 6.20 Å². The zero-order valence-electron chi connectivity index (χ0n) is 10.6. The quantitative estimate of drug-likeness (QED) is 0.870. The molecule has 2 rings (SSSR count). The number of nitrogens with two attached hydrogens (primary N) is 1. The molecule has 2 unspecified atom stereocenters. The standard InChI is InChI=1S/C13H21N3O/c1-3-5-12(17-2)13-15-8-9-10(14)6-4-7-11(9)16-13/h8,10,12H,3-7,14H2,1-2H3. The Balaban J connectivity index is 2.25. The van der Waals surface area contributed by atoms with Crippen molar-refractivity contribution in [2.24, 2.45) is 5.73 Å². The molecule has 1 aromatic heterocycles. The third kappa shape index (κ3) is 2.64. The molecule has 1 heterocycles. The van der Waals surface area contributed by atoms with E-state index in [2.05, 4.69) is 16.9 Å². The van der Waals surface area contributed by atoms with Crippen LogP contribution in [0.1, 0.15) is 61.8 Å². The molecule has 0 saturated carbocycles. The van der Waals surface area contributed by atoms with Gasteiger partial charge in [0.1, 0.15) is 6.10 Å². The summed E-state index contributed by atoms with van der Waals surface area (Å²) in [7, 11) is 1.72. The fourth-order valence-corrected chi connectivity index (χ4v) is 2.37. The Morgan fingerprint density at radius 1 is 1.59 bits per heavy atom. The third-order valence-electron chi connectivity index (χ3n) is 3.37. The van der Waals surface area contributed by atoms with Crippen LogP contribution in [-0.2, 0) is 11.2 Å². The first-order valence-electron chi connectivity index (χ1n) is 6.40. The predicted molar refractivity (Wildman–Crippen MR) is 66.6 cm³/mol. The third-order valence-corrected chi connectivity index (χ3v) is 3.37. The molecule has 0 fully saturated rings. The monoisotopic (exact) mass is 235 g/mol. The van der Waals surface area contributed by atoms with Crippen molar-refractivity contribution in [1.29, 1.82) is 0 Å². The lowest BCUT2D eigenvalue weighted by molar-refractivity contribution is 0.0872. The number of fused-ring (bicyclic) bond motifs is 1. The number of hydrogen-bond acceptors (Lipinski definition) is 4. The van der Waals surface area contributed by atoms with Crippen LogP contribution in [0.25, 0.3) is 0 Å². The maximum absolute atomic E-state index is 6.05. The van der Waals surface area contributed by atoms with Gasteiger partial charge in [-0.1, -0.05) is 13.3 Å². The van der Waals surface area contributed by atoms with Crippen LogP contribution >= 0.6 is 0 Å². The second-order valence-electron chi connectivity index (χ2n) is 4.64. The summed E-state index contributed by atoms with van der Waals surface area (Å²) in [4.78, 5) is 9.05. The van der Waals surface area contributed by atoms with E-state index in [1.807, 2.05) is 6.20 Å². The van der Waals surface area contributed by atoms with Crippen molar-refractivity contribution in [3.05, 3.63) is 23.3 Å².